The monoisotopic (exact) mass is 361 g/mol. The molecule has 136 valence electrons. The summed E-state index contributed by atoms with van der Waals surface area (Å²) in [5.74, 6) is 0.229. The maximum Gasteiger partial charge on any atom is 0.258 e. The maximum absolute atomic E-state index is 13.1. The van der Waals surface area contributed by atoms with Gasteiger partial charge in [-0.1, -0.05) is 42.5 Å². The number of ether oxygens (including phenoxy) is 1. The third-order valence-electron chi connectivity index (χ3n) is 4.89. The van der Waals surface area contributed by atoms with E-state index in [2.05, 4.69) is 40.7 Å². The zero-order valence-corrected chi connectivity index (χ0v) is 15.3. The molecule has 0 radical (unpaired) electrons. The Morgan fingerprint density at radius 2 is 1.70 bits per heavy atom. The lowest BCUT2D eigenvalue weighted by molar-refractivity contribution is 0.293. The van der Waals surface area contributed by atoms with Gasteiger partial charge < -0.3 is 9.30 Å². The first-order valence-corrected chi connectivity index (χ1v) is 8.85. The van der Waals surface area contributed by atoms with E-state index >= 15 is 0 Å². The molecule has 0 saturated heterocycles. The second-order valence-electron chi connectivity index (χ2n) is 6.61. The van der Waals surface area contributed by atoms with Gasteiger partial charge in [-0.2, -0.15) is 5.10 Å². The van der Waals surface area contributed by atoms with Crippen molar-refractivity contribution in [1.82, 2.24) is 14.8 Å². The molecule has 2 heterocycles. The van der Waals surface area contributed by atoms with Crippen LogP contribution >= 0.6 is 0 Å². The smallest absolute Gasteiger partial charge is 0.258 e. The number of halogens is 1. The highest BCUT2D eigenvalue weighted by atomic mass is 19.1. The van der Waals surface area contributed by atoms with Crippen LogP contribution in [0.3, 0.4) is 0 Å². The van der Waals surface area contributed by atoms with Crippen molar-refractivity contribution in [3.8, 4) is 5.88 Å². The third-order valence-corrected chi connectivity index (χ3v) is 4.89. The molecule has 0 aliphatic heterocycles. The molecular formula is C22H20FN3O. The molecule has 27 heavy (non-hydrogen) atoms. The summed E-state index contributed by atoms with van der Waals surface area (Å²) < 4.78 is 21.3. The predicted molar refractivity (Wildman–Crippen MR) is 103 cm³/mol. The molecule has 2 aromatic heterocycles. The van der Waals surface area contributed by atoms with Gasteiger partial charge in [-0.15, -0.1) is 5.10 Å². The Kier molecular flexibility index (Phi) is 4.59. The molecule has 0 fully saturated rings. The summed E-state index contributed by atoms with van der Waals surface area (Å²) in [4.78, 5) is 0. The lowest BCUT2D eigenvalue weighted by Crippen LogP contribution is -2.05. The van der Waals surface area contributed by atoms with Gasteiger partial charge in [-0.3, -0.25) is 0 Å². The topological polar surface area (TPSA) is 39.9 Å². The fraction of sp³-hybridized carbons (Fsp3) is 0.182. The molecule has 0 amide bonds. The third kappa shape index (κ3) is 3.40. The van der Waals surface area contributed by atoms with Crippen LogP contribution in [0.15, 0.2) is 60.8 Å². The number of aromatic nitrogens is 3. The van der Waals surface area contributed by atoms with Gasteiger partial charge in [-0.05, 0) is 42.7 Å². The van der Waals surface area contributed by atoms with Gasteiger partial charge >= 0.3 is 0 Å². The van der Waals surface area contributed by atoms with Crippen molar-refractivity contribution in [3.63, 3.8) is 0 Å². The summed E-state index contributed by atoms with van der Waals surface area (Å²) >= 11 is 0. The summed E-state index contributed by atoms with van der Waals surface area (Å²) in [6.07, 6.45) is 1.78. The number of aryl methyl sites for hydroxylation is 1. The first-order chi connectivity index (χ1) is 13.1. The molecule has 4 rings (SSSR count). The SMILES string of the molecule is Cc1c(C)n(Cc2ccccc2)c2c(OCc3ccc(F)cc3)nncc12. The lowest BCUT2D eigenvalue weighted by Gasteiger charge is -2.12. The Balaban J connectivity index is 1.72. The Hall–Kier alpha value is -3.21. The van der Waals surface area contributed by atoms with E-state index in [9.17, 15) is 4.39 Å². The molecule has 4 aromatic rings. The lowest BCUT2D eigenvalue weighted by atomic mass is 10.2. The molecule has 2 aromatic carbocycles. The van der Waals surface area contributed by atoms with Crippen molar-refractivity contribution in [1.29, 1.82) is 0 Å². The summed E-state index contributed by atoms with van der Waals surface area (Å²) in [6.45, 7) is 5.23. The molecule has 0 saturated carbocycles. The van der Waals surface area contributed by atoms with Gasteiger partial charge in [0.1, 0.15) is 17.9 Å². The van der Waals surface area contributed by atoms with Crippen molar-refractivity contribution < 1.29 is 9.13 Å². The molecule has 0 atom stereocenters. The van der Waals surface area contributed by atoms with Gasteiger partial charge in [0.15, 0.2) is 0 Å². The number of benzene rings is 2. The van der Waals surface area contributed by atoms with Crippen molar-refractivity contribution in [2.45, 2.75) is 27.0 Å². The Morgan fingerprint density at radius 3 is 2.44 bits per heavy atom. The van der Waals surface area contributed by atoms with Crippen LogP contribution in [-0.2, 0) is 13.2 Å². The predicted octanol–water partition coefficient (Wildman–Crippen LogP) is 4.81. The van der Waals surface area contributed by atoms with Crippen LogP contribution in [0, 0.1) is 19.7 Å². The van der Waals surface area contributed by atoms with Crippen LogP contribution in [0.1, 0.15) is 22.4 Å². The molecule has 0 N–H and O–H groups in total. The number of rotatable bonds is 5. The van der Waals surface area contributed by atoms with Crippen LogP contribution in [-0.4, -0.2) is 14.8 Å². The standard InChI is InChI=1S/C22H20FN3O/c1-15-16(2)26(13-17-6-4-3-5-7-17)21-20(15)12-24-25-22(21)27-14-18-8-10-19(23)11-9-18/h3-12H,13-14H2,1-2H3. The Morgan fingerprint density at radius 1 is 0.963 bits per heavy atom. The van der Waals surface area contributed by atoms with E-state index in [0.717, 1.165) is 28.7 Å². The fourth-order valence-electron chi connectivity index (χ4n) is 3.26. The highest BCUT2D eigenvalue weighted by molar-refractivity contribution is 5.88. The molecule has 4 nitrogen and oxygen atoms in total. The van der Waals surface area contributed by atoms with E-state index in [4.69, 9.17) is 4.74 Å². The van der Waals surface area contributed by atoms with Crippen molar-refractivity contribution in [3.05, 3.63) is 89.0 Å². The second kappa shape index (κ2) is 7.19. The minimum Gasteiger partial charge on any atom is -0.470 e. The van der Waals surface area contributed by atoms with E-state index in [1.54, 1.807) is 18.3 Å². The zero-order chi connectivity index (χ0) is 18.8. The summed E-state index contributed by atoms with van der Waals surface area (Å²) in [5.41, 5.74) is 5.35. The van der Waals surface area contributed by atoms with E-state index in [1.165, 1.54) is 23.3 Å². The number of nitrogens with zero attached hydrogens (tertiary/aromatic N) is 3. The zero-order valence-electron chi connectivity index (χ0n) is 15.3. The average molecular weight is 361 g/mol. The van der Waals surface area contributed by atoms with Gasteiger partial charge in [0.2, 0.25) is 0 Å². The molecule has 0 spiro atoms. The molecule has 0 bridgehead atoms. The van der Waals surface area contributed by atoms with Crippen molar-refractivity contribution >= 4 is 10.9 Å². The van der Waals surface area contributed by atoms with Crippen LogP contribution in [0.5, 0.6) is 5.88 Å². The van der Waals surface area contributed by atoms with E-state index < -0.39 is 0 Å². The van der Waals surface area contributed by atoms with Gasteiger partial charge in [0, 0.05) is 17.6 Å². The van der Waals surface area contributed by atoms with E-state index in [0.29, 0.717) is 12.5 Å². The van der Waals surface area contributed by atoms with Crippen molar-refractivity contribution in [2.24, 2.45) is 0 Å². The molecule has 0 aliphatic carbocycles. The molecular weight excluding hydrogens is 341 g/mol. The maximum atomic E-state index is 13.1. The van der Waals surface area contributed by atoms with Crippen LogP contribution in [0.2, 0.25) is 0 Å². The quantitative estimate of drug-likeness (QED) is 0.512. The minimum atomic E-state index is -0.261. The summed E-state index contributed by atoms with van der Waals surface area (Å²) in [7, 11) is 0. The fourth-order valence-corrected chi connectivity index (χ4v) is 3.26. The van der Waals surface area contributed by atoms with Crippen LogP contribution < -0.4 is 4.74 Å². The summed E-state index contributed by atoms with van der Waals surface area (Å²) in [6, 6.07) is 16.6. The van der Waals surface area contributed by atoms with Gasteiger partial charge in [0.05, 0.1) is 6.20 Å². The number of hydrogen-bond donors (Lipinski definition) is 0. The average Bonchev–Trinajstić information content (AvgIpc) is 2.94. The highest BCUT2D eigenvalue weighted by Gasteiger charge is 2.17. The summed E-state index contributed by atoms with van der Waals surface area (Å²) in [5, 5.41) is 9.38. The van der Waals surface area contributed by atoms with Gasteiger partial charge in [0.25, 0.3) is 5.88 Å². The second-order valence-corrected chi connectivity index (χ2v) is 6.61. The van der Waals surface area contributed by atoms with Crippen molar-refractivity contribution in [2.75, 3.05) is 0 Å². The molecule has 5 heteroatoms. The van der Waals surface area contributed by atoms with Crippen LogP contribution in [0.4, 0.5) is 4.39 Å². The van der Waals surface area contributed by atoms with Crippen LogP contribution in [0.25, 0.3) is 10.9 Å². The molecule has 0 unspecified atom stereocenters. The number of fused-ring (bicyclic) bond motifs is 1. The Bertz CT molecular complexity index is 1070. The first kappa shape index (κ1) is 17.2. The normalized spacial score (nSPS) is 11.1. The largest absolute Gasteiger partial charge is 0.470 e. The van der Waals surface area contributed by atoms with E-state index in [-0.39, 0.29) is 5.82 Å². The highest BCUT2D eigenvalue weighted by Crippen LogP contribution is 2.31. The molecule has 0 aliphatic rings. The van der Waals surface area contributed by atoms with E-state index in [1.807, 2.05) is 18.2 Å². The Labute approximate surface area is 157 Å². The van der Waals surface area contributed by atoms with Gasteiger partial charge in [-0.25, -0.2) is 4.39 Å². The minimum absolute atomic E-state index is 0.261. The first-order valence-electron chi connectivity index (χ1n) is 8.85. The number of hydrogen-bond acceptors (Lipinski definition) is 3.